The molecule has 0 aliphatic heterocycles. The molecule has 0 fully saturated rings. The fraction of sp³-hybridized carbons (Fsp3) is 0.200. The van der Waals surface area contributed by atoms with Crippen LogP contribution in [0.1, 0.15) is 28.9 Å². The molecule has 1 heterocycles. The largest absolute Gasteiger partial charge is 0.345 e. The second-order valence-electron chi connectivity index (χ2n) is 4.31. The fourth-order valence-electron chi connectivity index (χ4n) is 1.81. The predicted octanol–water partition coefficient (Wildman–Crippen LogP) is 3.43. The Morgan fingerprint density at radius 3 is 2.60 bits per heavy atom. The van der Waals surface area contributed by atoms with E-state index in [9.17, 15) is 9.18 Å². The summed E-state index contributed by atoms with van der Waals surface area (Å²) >= 11 is 1.66. The number of nitrogens with zero attached hydrogens (tertiary/aromatic N) is 1. The molecule has 1 aromatic heterocycles. The van der Waals surface area contributed by atoms with E-state index in [1.165, 1.54) is 18.3 Å². The monoisotopic (exact) mass is 290 g/mol. The number of carbonyl (C=O) groups is 1. The van der Waals surface area contributed by atoms with E-state index in [1.807, 2.05) is 37.4 Å². The van der Waals surface area contributed by atoms with E-state index in [4.69, 9.17) is 0 Å². The Balaban J connectivity index is 2.09. The Hall–Kier alpha value is -1.88. The number of amides is 1. The van der Waals surface area contributed by atoms with Gasteiger partial charge in [0.2, 0.25) is 5.95 Å². The zero-order valence-electron chi connectivity index (χ0n) is 11.3. The average Bonchev–Trinajstić information content (AvgIpc) is 2.47. The first-order valence-corrected chi connectivity index (χ1v) is 7.39. The number of hydrogen-bond donors (Lipinski definition) is 1. The summed E-state index contributed by atoms with van der Waals surface area (Å²) in [4.78, 5) is 16.6. The Kier molecular flexibility index (Phi) is 4.74. The standard InChI is InChI=1S/C15H15FN2OS/c1-10(11-5-7-12(20-2)8-6-11)18-15(19)13-4-3-9-17-14(13)16/h3-10H,1-2H3,(H,18,19). The van der Waals surface area contributed by atoms with E-state index in [1.54, 1.807) is 11.8 Å². The third kappa shape index (κ3) is 3.36. The molecule has 104 valence electrons. The molecular weight excluding hydrogens is 275 g/mol. The number of thioether (sulfide) groups is 1. The minimum atomic E-state index is -0.755. The third-order valence-corrected chi connectivity index (χ3v) is 3.71. The molecule has 5 heteroatoms. The number of aromatic nitrogens is 1. The van der Waals surface area contributed by atoms with Gasteiger partial charge in [0.25, 0.3) is 5.91 Å². The lowest BCUT2D eigenvalue weighted by atomic mass is 10.1. The molecule has 0 bridgehead atoms. The molecule has 0 aliphatic carbocycles. The van der Waals surface area contributed by atoms with E-state index in [-0.39, 0.29) is 11.6 Å². The minimum absolute atomic E-state index is 0.0416. The second-order valence-corrected chi connectivity index (χ2v) is 5.19. The highest BCUT2D eigenvalue weighted by molar-refractivity contribution is 7.98. The molecule has 1 N–H and O–H groups in total. The molecule has 1 aromatic carbocycles. The van der Waals surface area contributed by atoms with Gasteiger partial charge in [0, 0.05) is 11.1 Å². The summed E-state index contributed by atoms with van der Waals surface area (Å²) in [5.41, 5.74) is 0.931. The van der Waals surface area contributed by atoms with E-state index in [2.05, 4.69) is 10.3 Å². The van der Waals surface area contributed by atoms with Gasteiger partial charge in [-0.3, -0.25) is 4.79 Å². The molecular formula is C15H15FN2OS. The van der Waals surface area contributed by atoms with Crippen LogP contribution in [0.3, 0.4) is 0 Å². The number of pyridine rings is 1. The highest BCUT2D eigenvalue weighted by atomic mass is 32.2. The van der Waals surface area contributed by atoms with Crippen LogP contribution < -0.4 is 5.32 Å². The molecule has 1 amide bonds. The molecule has 0 spiro atoms. The van der Waals surface area contributed by atoms with Gasteiger partial charge in [-0.15, -0.1) is 11.8 Å². The van der Waals surface area contributed by atoms with E-state index < -0.39 is 11.9 Å². The summed E-state index contributed by atoms with van der Waals surface area (Å²) in [6.45, 7) is 1.86. The van der Waals surface area contributed by atoms with Crippen molar-refractivity contribution in [3.05, 3.63) is 59.7 Å². The lowest BCUT2D eigenvalue weighted by molar-refractivity contribution is 0.0935. The Labute approximate surface area is 121 Å². The van der Waals surface area contributed by atoms with Crippen molar-refractivity contribution in [2.45, 2.75) is 17.9 Å². The van der Waals surface area contributed by atoms with Crippen LogP contribution >= 0.6 is 11.8 Å². The summed E-state index contributed by atoms with van der Waals surface area (Å²) in [6, 6.07) is 10.7. The molecule has 0 aliphatic rings. The number of hydrogen-bond acceptors (Lipinski definition) is 3. The summed E-state index contributed by atoms with van der Waals surface area (Å²) in [6.07, 6.45) is 3.32. The molecule has 2 rings (SSSR count). The van der Waals surface area contributed by atoms with Gasteiger partial charge in [-0.05, 0) is 43.0 Å². The first-order chi connectivity index (χ1) is 9.61. The van der Waals surface area contributed by atoms with Crippen LogP contribution in [0.4, 0.5) is 4.39 Å². The zero-order valence-corrected chi connectivity index (χ0v) is 12.1. The third-order valence-electron chi connectivity index (χ3n) is 2.97. The lowest BCUT2D eigenvalue weighted by Gasteiger charge is -2.14. The summed E-state index contributed by atoms with van der Waals surface area (Å²) in [7, 11) is 0. The van der Waals surface area contributed by atoms with Crippen molar-refractivity contribution >= 4 is 17.7 Å². The van der Waals surface area contributed by atoms with Crippen molar-refractivity contribution in [2.75, 3.05) is 6.26 Å². The second kappa shape index (κ2) is 6.52. The van der Waals surface area contributed by atoms with Gasteiger partial charge in [-0.2, -0.15) is 4.39 Å². The molecule has 1 unspecified atom stereocenters. The highest BCUT2D eigenvalue weighted by Gasteiger charge is 2.15. The molecule has 1 atom stereocenters. The summed E-state index contributed by atoms with van der Waals surface area (Å²) < 4.78 is 13.4. The lowest BCUT2D eigenvalue weighted by Crippen LogP contribution is -2.27. The van der Waals surface area contributed by atoms with Gasteiger partial charge < -0.3 is 5.32 Å². The molecule has 3 nitrogen and oxygen atoms in total. The molecule has 0 saturated carbocycles. The van der Waals surface area contributed by atoms with Crippen LogP contribution in [0.15, 0.2) is 47.5 Å². The van der Waals surface area contributed by atoms with Gasteiger partial charge in [-0.1, -0.05) is 12.1 Å². The van der Waals surface area contributed by atoms with Crippen LogP contribution in [0, 0.1) is 5.95 Å². The normalized spacial score (nSPS) is 11.9. The predicted molar refractivity (Wildman–Crippen MR) is 78.3 cm³/mol. The van der Waals surface area contributed by atoms with Gasteiger partial charge in [0.15, 0.2) is 0 Å². The maximum absolute atomic E-state index is 13.4. The molecule has 20 heavy (non-hydrogen) atoms. The molecule has 0 saturated heterocycles. The van der Waals surface area contributed by atoms with Crippen LogP contribution in [0.25, 0.3) is 0 Å². The van der Waals surface area contributed by atoms with Crippen LogP contribution in [-0.2, 0) is 0 Å². The van der Waals surface area contributed by atoms with Crippen molar-refractivity contribution in [3.63, 3.8) is 0 Å². The summed E-state index contributed by atoms with van der Waals surface area (Å²) in [5, 5.41) is 2.77. The van der Waals surface area contributed by atoms with Crippen LogP contribution in [-0.4, -0.2) is 17.1 Å². The Morgan fingerprint density at radius 2 is 2.00 bits per heavy atom. The number of benzene rings is 1. The first kappa shape index (κ1) is 14.5. The van der Waals surface area contributed by atoms with Crippen molar-refractivity contribution in [3.8, 4) is 0 Å². The highest BCUT2D eigenvalue weighted by Crippen LogP contribution is 2.19. The number of halogens is 1. The maximum atomic E-state index is 13.4. The zero-order chi connectivity index (χ0) is 14.5. The quantitative estimate of drug-likeness (QED) is 0.693. The number of rotatable bonds is 4. The van der Waals surface area contributed by atoms with Gasteiger partial charge in [0.05, 0.1) is 11.6 Å². The van der Waals surface area contributed by atoms with Crippen molar-refractivity contribution in [2.24, 2.45) is 0 Å². The van der Waals surface area contributed by atoms with E-state index in [0.717, 1.165) is 10.5 Å². The Bertz CT molecular complexity index is 601. The fourth-order valence-corrected chi connectivity index (χ4v) is 2.21. The summed E-state index contributed by atoms with van der Waals surface area (Å²) in [5.74, 6) is -1.22. The van der Waals surface area contributed by atoms with Crippen molar-refractivity contribution < 1.29 is 9.18 Å². The number of nitrogens with one attached hydrogen (secondary N) is 1. The smallest absolute Gasteiger partial charge is 0.256 e. The van der Waals surface area contributed by atoms with Crippen LogP contribution in [0.2, 0.25) is 0 Å². The van der Waals surface area contributed by atoms with E-state index in [0.29, 0.717) is 0 Å². The van der Waals surface area contributed by atoms with E-state index >= 15 is 0 Å². The minimum Gasteiger partial charge on any atom is -0.345 e. The molecule has 0 radical (unpaired) electrons. The van der Waals surface area contributed by atoms with Gasteiger partial charge in [-0.25, -0.2) is 4.98 Å². The average molecular weight is 290 g/mol. The van der Waals surface area contributed by atoms with Crippen LogP contribution in [0.5, 0.6) is 0 Å². The van der Waals surface area contributed by atoms with Crippen molar-refractivity contribution in [1.82, 2.24) is 10.3 Å². The topological polar surface area (TPSA) is 42.0 Å². The van der Waals surface area contributed by atoms with Gasteiger partial charge in [0.1, 0.15) is 0 Å². The number of carbonyl (C=O) groups excluding carboxylic acids is 1. The molecule has 2 aromatic rings. The van der Waals surface area contributed by atoms with Gasteiger partial charge >= 0.3 is 0 Å². The Morgan fingerprint density at radius 1 is 1.30 bits per heavy atom. The first-order valence-electron chi connectivity index (χ1n) is 6.17. The maximum Gasteiger partial charge on any atom is 0.256 e. The van der Waals surface area contributed by atoms with Crippen molar-refractivity contribution in [1.29, 1.82) is 0 Å². The SMILES string of the molecule is CSc1ccc(C(C)NC(=O)c2cccnc2F)cc1.